The Morgan fingerprint density at radius 3 is 2.86 bits per heavy atom. The molecule has 0 radical (unpaired) electrons. The summed E-state index contributed by atoms with van der Waals surface area (Å²) in [6.07, 6.45) is 6.04. The molecule has 3 rings (SSSR count). The van der Waals surface area contributed by atoms with E-state index in [9.17, 15) is 4.79 Å². The summed E-state index contributed by atoms with van der Waals surface area (Å²) in [4.78, 5) is 15.0. The summed E-state index contributed by atoms with van der Waals surface area (Å²) in [6, 6.07) is 9.64. The maximum Gasteiger partial charge on any atom is 0.206 e. The number of carbonyl (C=O) groups excluding carboxylic acids is 1. The van der Waals surface area contributed by atoms with E-state index in [0.717, 1.165) is 17.7 Å². The number of aryl methyl sites for hydroxylation is 2. The lowest BCUT2D eigenvalue weighted by atomic mass is 10.1. The number of thiophene rings is 1. The van der Waals surface area contributed by atoms with Gasteiger partial charge in [-0.05, 0) is 56.4 Å². The third kappa shape index (κ3) is 3.03. The van der Waals surface area contributed by atoms with Crippen molar-refractivity contribution in [2.45, 2.75) is 39.0 Å². The highest BCUT2D eigenvalue weighted by molar-refractivity contribution is 7.14. The minimum absolute atomic E-state index is 0.0946. The van der Waals surface area contributed by atoms with E-state index in [4.69, 9.17) is 4.74 Å². The summed E-state index contributed by atoms with van der Waals surface area (Å²) in [7, 11) is 0. The first-order valence-electron chi connectivity index (χ1n) is 7.67. The van der Waals surface area contributed by atoms with Gasteiger partial charge in [0.05, 0.1) is 17.0 Å². The van der Waals surface area contributed by atoms with E-state index >= 15 is 0 Å². The number of hydrogen-bond donors (Lipinski definition) is 0. The van der Waals surface area contributed by atoms with Gasteiger partial charge in [-0.3, -0.25) is 4.79 Å². The highest BCUT2D eigenvalue weighted by atomic mass is 32.1. The molecule has 0 atom stereocenters. The highest BCUT2D eigenvalue weighted by Crippen LogP contribution is 2.32. The molecular formula is C18H20O2S. The van der Waals surface area contributed by atoms with E-state index in [1.54, 1.807) is 11.3 Å². The van der Waals surface area contributed by atoms with E-state index < -0.39 is 0 Å². The van der Waals surface area contributed by atoms with Gasteiger partial charge in [0, 0.05) is 4.88 Å². The van der Waals surface area contributed by atoms with E-state index in [-0.39, 0.29) is 5.78 Å². The summed E-state index contributed by atoms with van der Waals surface area (Å²) in [5.74, 6) is 0.783. The molecule has 0 bridgehead atoms. The van der Waals surface area contributed by atoms with Crippen LogP contribution in [0.1, 0.15) is 51.9 Å². The van der Waals surface area contributed by atoms with E-state index in [0.29, 0.717) is 17.9 Å². The first kappa shape index (κ1) is 14.3. The minimum atomic E-state index is 0.0946. The lowest BCUT2D eigenvalue weighted by Crippen LogP contribution is -2.03. The summed E-state index contributed by atoms with van der Waals surface area (Å²) in [5, 5.41) is 0. The summed E-state index contributed by atoms with van der Waals surface area (Å²) in [5.41, 5.74) is 2.06. The number of hydrogen-bond acceptors (Lipinski definition) is 3. The largest absolute Gasteiger partial charge is 0.493 e. The molecule has 1 aromatic heterocycles. The molecule has 1 aromatic carbocycles. The van der Waals surface area contributed by atoms with Gasteiger partial charge in [-0.1, -0.05) is 18.6 Å². The molecule has 110 valence electrons. The Labute approximate surface area is 129 Å². The zero-order valence-electron chi connectivity index (χ0n) is 12.4. The quantitative estimate of drug-likeness (QED) is 0.607. The van der Waals surface area contributed by atoms with Crippen LogP contribution in [0.25, 0.3) is 0 Å². The standard InChI is InChI=1S/C18H20O2S/c1-2-20-15-10-7-6-9-14(15)18(19)17-12-13-8-4-3-5-11-16(13)21-17/h6-7,9-10,12H,2-5,8,11H2,1H3. The van der Waals surface area contributed by atoms with Gasteiger partial charge in [0.2, 0.25) is 5.78 Å². The van der Waals surface area contributed by atoms with Gasteiger partial charge < -0.3 is 4.74 Å². The number of ether oxygens (including phenoxy) is 1. The van der Waals surface area contributed by atoms with Crippen molar-refractivity contribution in [1.29, 1.82) is 0 Å². The lowest BCUT2D eigenvalue weighted by Gasteiger charge is -2.07. The third-order valence-corrected chi connectivity index (χ3v) is 5.14. The van der Waals surface area contributed by atoms with Gasteiger partial charge in [0.1, 0.15) is 5.75 Å². The van der Waals surface area contributed by atoms with Crippen LogP contribution in [0.4, 0.5) is 0 Å². The molecule has 0 spiro atoms. The van der Waals surface area contributed by atoms with Gasteiger partial charge in [0.25, 0.3) is 0 Å². The van der Waals surface area contributed by atoms with Gasteiger partial charge >= 0.3 is 0 Å². The Morgan fingerprint density at radius 1 is 1.19 bits per heavy atom. The van der Waals surface area contributed by atoms with Crippen molar-refractivity contribution >= 4 is 17.1 Å². The highest BCUT2D eigenvalue weighted by Gasteiger charge is 2.19. The van der Waals surface area contributed by atoms with Gasteiger partial charge in [-0.25, -0.2) is 0 Å². The monoisotopic (exact) mass is 300 g/mol. The van der Waals surface area contributed by atoms with Crippen LogP contribution in [0.3, 0.4) is 0 Å². The number of benzene rings is 1. The van der Waals surface area contributed by atoms with Crippen LogP contribution in [-0.2, 0) is 12.8 Å². The molecule has 1 aliphatic rings. The Balaban J connectivity index is 1.92. The summed E-state index contributed by atoms with van der Waals surface area (Å²) in [6.45, 7) is 2.51. The molecule has 21 heavy (non-hydrogen) atoms. The van der Waals surface area contributed by atoms with Crippen LogP contribution in [0.2, 0.25) is 0 Å². The number of carbonyl (C=O) groups is 1. The molecule has 2 aromatic rings. The lowest BCUT2D eigenvalue weighted by molar-refractivity contribution is 0.103. The van der Waals surface area contributed by atoms with Gasteiger partial charge in [0.15, 0.2) is 0 Å². The van der Waals surface area contributed by atoms with Crippen molar-refractivity contribution in [3.63, 3.8) is 0 Å². The third-order valence-electron chi connectivity index (χ3n) is 3.90. The fourth-order valence-electron chi connectivity index (χ4n) is 2.85. The number of fused-ring (bicyclic) bond motifs is 1. The number of para-hydroxylation sites is 1. The average molecular weight is 300 g/mol. The van der Waals surface area contributed by atoms with E-state index in [1.807, 2.05) is 31.2 Å². The first-order chi connectivity index (χ1) is 10.3. The van der Waals surface area contributed by atoms with Crippen LogP contribution in [-0.4, -0.2) is 12.4 Å². The molecule has 0 amide bonds. The maximum atomic E-state index is 12.8. The van der Waals surface area contributed by atoms with E-state index in [1.165, 1.54) is 29.7 Å². The molecule has 1 heterocycles. The van der Waals surface area contributed by atoms with Crippen molar-refractivity contribution in [3.05, 3.63) is 51.2 Å². The molecule has 3 heteroatoms. The fraction of sp³-hybridized carbons (Fsp3) is 0.389. The molecule has 2 nitrogen and oxygen atoms in total. The van der Waals surface area contributed by atoms with Crippen LogP contribution < -0.4 is 4.74 Å². The molecule has 0 aliphatic heterocycles. The van der Waals surface area contributed by atoms with Crippen LogP contribution in [0, 0.1) is 0 Å². The average Bonchev–Trinajstić information content (AvgIpc) is 2.78. The smallest absolute Gasteiger partial charge is 0.206 e. The molecular weight excluding hydrogens is 280 g/mol. The van der Waals surface area contributed by atoms with Crippen LogP contribution in [0.15, 0.2) is 30.3 Å². The normalized spacial score (nSPS) is 14.3. The molecule has 0 saturated carbocycles. The fourth-order valence-corrected chi connectivity index (χ4v) is 4.06. The number of ketones is 1. The van der Waals surface area contributed by atoms with Crippen molar-refractivity contribution in [2.75, 3.05) is 6.61 Å². The topological polar surface area (TPSA) is 26.3 Å². The molecule has 1 aliphatic carbocycles. The van der Waals surface area contributed by atoms with Crippen molar-refractivity contribution in [3.8, 4) is 5.75 Å². The minimum Gasteiger partial charge on any atom is -0.493 e. The van der Waals surface area contributed by atoms with Crippen LogP contribution >= 0.6 is 11.3 Å². The van der Waals surface area contributed by atoms with Crippen LogP contribution in [0.5, 0.6) is 5.75 Å². The van der Waals surface area contributed by atoms with Crippen molar-refractivity contribution < 1.29 is 9.53 Å². The summed E-state index contributed by atoms with van der Waals surface area (Å²) >= 11 is 1.67. The predicted octanol–water partition coefficient (Wildman–Crippen LogP) is 4.65. The Hall–Kier alpha value is -1.61. The van der Waals surface area contributed by atoms with E-state index in [2.05, 4.69) is 6.07 Å². The summed E-state index contributed by atoms with van der Waals surface area (Å²) < 4.78 is 5.59. The Bertz CT molecular complexity index is 619. The Morgan fingerprint density at radius 2 is 2.00 bits per heavy atom. The molecule has 0 unspecified atom stereocenters. The second kappa shape index (κ2) is 6.44. The molecule has 0 fully saturated rings. The molecule has 0 N–H and O–H groups in total. The van der Waals surface area contributed by atoms with Crippen molar-refractivity contribution in [1.82, 2.24) is 0 Å². The van der Waals surface area contributed by atoms with Gasteiger partial charge in [-0.15, -0.1) is 11.3 Å². The SMILES string of the molecule is CCOc1ccccc1C(=O)c1cc2c(s1)CCCCC2. The number of rotatable bonds is 4. The second-order valence-corrected chi connectivity index (χ2v) is 6.51. The van der Waals surface area contributed by atoms with Gasteiger partial charge in [-0.2, -0.15) is 0 Å². The zero-order chi connectivity index (χ0) is 14.7. The maximum absolute atomic E-state index is 12.8. The first-order valence-corrected chi connectivity index (χ1v) is 8.49. The zero-order valence-corrected chi connectivity index (χ0v) is 13.2. The molecule has 0 saturated heterocycles. The van der Waals surface area contributed by atoms with Crippen molar-refractivity contribution in [2.24, 2.45) is 0 Å². The Kier molecular flexibility index (Phi) is 4.39. The second-order valence-electron chi connectivity index (χ2n) is 5.38. The predicted molar refractivity (Wildman–Crippen MR) is 86.6 cm³/mol.